The van der Waals surface area contributed by atoms with Crippen LogP contribution in [0.5, 0.6) is 5.75 Å². The van der Waals surface area contributed by atoms with Crippen LogP contribution in [0.2, 0.25) is 0 Å². The maximum atomic E-state index is 6.07. The van der Waals surface area contributed by atoms with Crippen molar-refractivity contribution in [1.82, 2.24) is 0 Å². The van der Waals surface area contributed by atoms with Gasteiger partial charge < -0.3 is 4.74 Å². The molecule has 0 aromatic heterocycles. The van der Waals surface area contributed by atoms with Crippen LogP contribution in [0.15, 0.2) is 24.3 Å². The molecule has 0 spiro atoms. The largest absolute Gasteiger partial charge is 0.490 e. The molecular weight excluding hydrogens is 220 g/mol. The van der Waals surface area contributed by atoms with E-state index in [0.717, 1.165) is 11.7 Å². The predicted octanol–water partition coefficient (Wildman–Crippen LogP) is 5.16. The first-order valence-electron chi connectivity index (χ1n) is 7.45. The van der Waals surface area contributed by atoms with Gasteiger partial charge in [-0.15, -0.1) is 0 Å². The molecule has 1 aromatic carbocycles. The van der Waals surface area contributed by atoms with Crippen LogP contribution < -0.4 is 4.74 Å². The zero-order valence-corrected chi connectivity index (χ0v) is 12.0. The second-order valence-electron chi connectivity index (χ2n) is 5.88. The van der Waals surface area contributed by atoms with Crippen LogP contribution in [0, 0.1) is 5.92 Å². The summed E-state index contributed by atoms with van der Waals surface area (Å²) in [7, 11) is 0. The van der Waals surface area contributed by atoms with E-state index in [1.807, 2.05) is 0 Å². The van der Waals surface area contributed by atoms with Crippen LogP contribution in [0.4, 0.5) is 0 Å². The number of rotatable bonds is 4. The highest BCUT2D eigenvalue weighted by molar-refractivity contribution is 5.29. The summed E-state index contributed by atoms with van der Waals surface area (Å²) in [5.74, 6) is 2.58. The Hall–Kier alpha value is -0.980. The summed E-state index contributed by atoms with van der Waals surface area (Å²) in [5, 5.41) is 0. The van der Waals surface area contributed by atoms with E-state index in [1.165, 1.54) is 37.7 Å². The van der Waals surface area contributed by atoms with Gasteiger partial charge in [-0.2, -0.15) is 0 Å². The molecule has 2 rings (SSSR count). The third-order valence-electron chi connectivity index (χ3n) is 4.33. The molecule has 100 valence electrons. The molecule has 1 saturated carbocycles. The van der Waals surface area contributed by atoms with E-state index in [2.05, 4.69) is 45.0 Å². The van der Waals surface area contributed by atoms with Gasteiger partial charge in [0.1, 0.15) is 5.75 Å². The minimum atomic E-state index is 0.440. The molecule has 1 fully saturated rings. The van der Waals surface area contributed by atoms with E-state index in [0.29, 0.717) is 12.0 Å². The van der Waals surface area contributed by atoms with Gasteiger partial charge in [-0.05, 0) is 61.6 Å². The Morgan fingerprint density at radius 1 is 1.11 bits per heavy atom. The van der Waals surface area contributed by atoms with E-state index in [1.54, 1.807) is 0 Å². The quantitative estimate of drug-likeness (QED) is 0.713. The molecular formula is C17H26O. The standard InChI is InChI=1S/C17H26O/c1-4-14(3)15-7-11-17(12-8-15)18-16-9-5-13(2)6-10-16/h7-8,11-14,16H,4-6,9-10H2,1-3H3. The van der Waals surface area contributed by atoms with Crippen molar-refractivity contribution < 1.29 is 4.74 Å². The fraction of sp³-hybridized carbons (Fsp3) is 0.647. The third-order valence-corrected chi connectivity index (χ3v) is 4.33. The van der Waals surface area contributed by atoms with Gasteiger partial charge in [0.2, 0.25) is 0 Å². The van der Waals surface area contributed by atoms with E-state index >= 15 is 0 Å². The van der Waals surface area contributed by atoms with E-state index in [-0.39, 0.29) is 0 Å². The van der Waals surface area contributed by atoms with Gasteiger partial charge in [-0.3, -0.25) is 0 Å². The maximum Gasteiger partial charge on any atom is 0.119 e. The molecule has 1 heteroatoms. The minimum absolute atomic E-state index is 0.440. The van der Waals surface area contributed by atoms with Gasteiger partial charge in [0, 0.05) is 0 Å². The molecule has 0 aliphatic heterocycles. The molecule has 0 bridgehead atoms. The van der Waals surface area contributed by atoms with Crippen LogP contribution in [0.1, 0.15) is 64.4 Å². The average Bonchev–Trinajstić information content (AvgIpc) is 2.41. The Balaban J connectivity index is 1.90. The first kappa shape index (κ1) is 13.5. The normalized spacial score (nSPS) is 25.7. The van der Waals surface area contributed by atoms with Crippen molar-refractivity contribution in [3.63, 3.8) is 0 Å². The molecule has 1 aromatic rings. The molecule has 0 heterocycles. The second kappa shape index (κ2) is 6.26. The van der Waals surface area contributed by atoms with E-state index in [9.17, 15) is 0 Å². The molecule has 0 amide bonds. The van der Waals surface area contributed by atoms with Crippen LogP contribution in [0.3, 0.4) is 0 Å². The highest BCUT2D eigenvalue weighted by Gasteiger charge is 2.19. The van der Waals surface area contributed by atoms with Gasteiger partial charge in [-0.25, -0.2) is 0 Å². The third kappa shape index (κ3) is 3.51. The summed E-state index contributed by atoms with van der Waals surface area (Å²) >= 11 is 0. The van der Waals surface area contributed by atoms with E-state index in [4.69, 9.17) is 4.74 Å². The Bertz CT molecular complexity index is 346. The number of hydrogen-bond acceptors (Lipinski definition) is 1. The lowest BCUT2D eigenvalue weighted by atomic mass is 9.89. The molecule has 1 aliphatic rings. The SMILES string of the molecule is CCC(C)c1ccc(OC2CCC(C)CC2)cc1. The molecule has 0 N–H and O–H groups in total. The predicted molar refractivity (Wildman–Crippen MR) is 77.2 cm³/mol. The average molecular weight is 246 g/mol. The van der Waals surface area contributed by atoms with Crippen molar-refractivity contribution in [2.45, 2.75) is 64.9 Å². The topological polar surface area (TPSA) is 9.23 Å². The lowest BCUT2D eigenvalue weighted by Crippen LogP contribution is -2.22. The Kier molecular flexibility index (Phi) is 4.68. The Morgan fingerprint density at radius 3 is 2.28 bits per heavy atom. The van der Waals surface area contributed by atoms with Gasteiger partial charge in [0.25, 0.3) is 0 Å². The van der Waals surface area contributed by atoms with Crippen molar-refractivity contribution >= 4 is 0 Å². The van der Waals surface area contributed by atoms with Crippen molar-refractivity contribution in [2.24, 2.45) is 5.92 Å². The fourth-order valence-corrected chi connectivity index (χ4v) is 2.65. The van der Waals surface area contributed by atoms with Crippen LogP contribution in [0.25, 0.3) is 0 Å². The number of ether oxygens (including phenoxy) is 1. The maximum absolute atomic E-state index is 6.07. The molecule has 1 nitrogen and oxygen atoms in total. The molecule has 18 heavy (non-hydrogen) atoms. The van der Waals surface area contributed by atoms with Crippen molar-refractivity contribution in [3.05, 3.63) is 29.8 Å². The monoisotopic (exact) mass is 246 g/mol. The van der Waals surface area contributed by atoms with Crippen LogP contribution in [-0.2, 0) is 0 Å². The van der Waals surface area contributed by atoms with Crippen LogP contribution in [-0.4, -0.2) is 6.10 Å². The van der Waals surface area contributed by atoms with Crippen molar-refractivity contribution in [2.75, 3.05) is 0 Å². The summed E-state index contributed by atoms with van der Waals surface area (Å²) in [5.41, 5.74) is 1.42. The highest BCUT2D eigenvalue weighted by Crippen LogP contribution is 2.28. The van der Waals surface area contributed by atoms with Crippen molar-refractivity contribution in [3.8, 4) is 5.75 Å². The summed E-state index contributed by atoms with van der Waals surface area (Å²) in [6.07, 6.45) is 6.70. The summed E-state index contributed by atoms with van der Waals surface area (Å²) in [4.78, 5) is 0. The van der Waals surface area contributed by atoms with Gasteiger partial charge in [-0.1, -0.05) is 32.9 Å². The second-order valence-corrected chi connectivity index (χ2v) is 5.88. The molecule has 1 unspecified atom stereocenters. The lowest BCUT2D eigenvalue weighted by Gasteiger charge is -2.27. The smallest absolute Gasteiger partial charge is 0.119 e. The van der Waals surface area contributed by atoms with E-state index < -0.39 is 0 Å². The van der Waals surface area contributed by atoms with Crippen molar-refractivity contribution in [1.29, 1.82) is 0 Å². The van der Waals surface area contributed by atoms with Crippen LogP contribution >= 0.6 is 0 Å². The first-order chi connectivity index (χ1) is 8.69. The lowest BCUT2D eigenvalue weighted by molar-refractivity contribution is 0.135. The first-order valence-corrected chi connectivity index (χ1v) is 7.45. The summed E-state index contributed by atoms with van der Waals surface area (Å²) in [6.45, 7) is 6.85. The Labute approximate surface area is 112 Å². The molecule has 1 aliphatic carbocycles. The summed E-state index contributed by atoms with van der Waals surface area (Å²) in [6, 6.07) is 8.71. The molecule has 0 saturated heterocycles. The zero-order chi connectivity index (χ0) is 13.0. The summed E-state index contributed by atoms with van der Waals surface area (Å²) < 4.78 is 6.07. The Morgan fingerprint density at radius 2 is 1.72 bits per heavy atom. The van der Waals surface area contributed by atoms with Gasteiger partial charge >= 0.3 is 0 Å². The zero-order valence-electron chi connectivity index (χ0n) is 12.0. The molecule has 0 radical (unpaired) electrons. The number of benzene rings is 1. The number of hydrogen-bond donors (Lipinski definition) is 0. The van der Waals surface area contributed by atoms with Gasteiger partial charge in [0.05, 0.1) is 6.10 Å². The molecule has 1 atom stereocenters. The highest BCUT2D eigenvalue weighted by atomic mass is 16.5. The minimum Gasteiger partial charge on any atom is -0.490 e. The van der Waals surface area contributed by atoms with Gasteiger partial charge in [0.15, 0.2) is 0 Å². The fourth-order valence-electron chi connectivity index (χ4n) is 2.65.